The van der Waals surface area contributed by atoms with E-state index in [9.17, 15) is 9.90 Å². The maximum atomic E-state index is 11.4. The summed E-state index contributed by atoms with van der Waals surface area (Å²) in [4.78, 5) is 18.5. The Morgan fingerprint density at radius 2 is 1.93 bits per heavy atom. The van der Waals surface area contributed by atoms with Gasteiger partial charge in [-0.3, -0.25) is 4.90 Å². The van der Waals surface area contributed by atoms with Gasteiger partial charge in [0.05, 0.1) is 31.1 Å². The maximum Gasteiger partial charge on any atom is 0.331 e. The molecule has 9 heteroatoms. The van der Waals surface area contributed by atoms with E-state index in [1.807, 2.05) is 30.3 Å². The predicted octanol–water partition coefficient (Wildman–Crippen LogP) is 5.71. The first kappa shape index (κ1) is 26.9. The fourth-order valence-electron chi connectivity index (χ4n) is 5.69. The van der Waals surface area contributed by atoms with Gasteiger partial charge in [0.25, 0.3) is 0 Å². The van der Waals surface area contributed by atoms with Gasteiger partial charge < -0.3 is 23.9 Å². The van der Waals surface area contributed by atoms with Crippen molar-refractivity contribution >= 4 is 23.6 Å². The van der Waals surface area contributed by atoms with E-state index in [1.54, 1.807) is 19.2 Å². The van der Waals surface area contributed by atoms with Gasteiger partial charge in [-0.25, -0.2) is 9.78 Å². The molecule has 0 spiro atoms. The number of para-hydroxylation sites is 1. The molecule has 210 valence electrons. The summed E-state index contributed by atoms with van der Waals surface area (Å²) in [5, 5.41) is 10.1. The van der Waals surface area contributed by atoms with Crippen molar-refractivity contribution in [3.8, 4) is 11.5 Å². The first-order chi connectivity index (χ1) is 19.4. The zero-order valence-corrected chi connectivity index (χ0v) is 23.3. The molecule has 2 atom stereocenters. The van der Waals surface area contributed by atoms with Crippen molar-refractivity contribution in [3.05, 3.63) is 81.9 Å². The molecule has 0 radical (unpaired) electrons. The first-order valence-corrected chi connectivity index (χ1v) is 14.3. The van der Waals surface area contributed by atoms with E-state index in [2.05, 4.69) is 21.6 Å². The van der Waals surface area contributed by atoms with Gasteiger partial charge in [-0.2, -0.15) is 0 Å². The number of carbonyl (C=O) groups is 1. The van der Waals surface area contributed by atoms with Crippen LogP contribution in [0.3, 0.4) is 0 Å². The normalized spacial score (nSPS) is 21.7. The van der Waals surface area contributed by atoms with E-state index in [1.165, 1.54) is 5.56 Å². The highest BCUT2D eigenvalue weighted by Gasteiger charge is 2.30. The quantitative estimate of drug-likeness (QED) is 0.352. The lowest BCUT2D eigenvalue weighted by Crippen LogP contribution is -2.35. The molecule has 6 rings (SSSR count). The van der Waals surface area contributed by atoms with Gasteiger partial charge in [0, 0.05) is 22.8 Å². The molecular formula is C31H34ClN3O5. The molecule has 3 aliphatic rings. The average Bonchev–Trinajstić information content (AvgIpc) is 3.31. The Morgan fingerprint density at radius 1 is 1.15 bits per heavy atom. The Balaban J connectivity index is 1.12. The largest absolute Gasteiger partial charge is 0.485 e. The number of fused-ring (bicyclic) bond motifs is 1. The van der Waals surface area contributed by atoms with Gasteiger partial charge >= 0.3 is 5.97 Å². The SMILES string of the molecule is C/C(=C\c1cnc(CN2CCC(c3cccc4c3OCC(c3ccc(Cl)cc3)O4)CC2)n1CC1CCO1)C(=O)O. The monoisotopic (exact) mass is 563 g/mol. The maximum absolute atomic E-state index is 11.4. The number of benzene rings is 2. The van der Waals surface area contributed by atoms with E-state index in [0.29, 0.717) is 36.2 Å². The fourth-order valence-corrected chi connectivity index (χ4v) is 5.81. The van der Waals surface area contributed by atoms with E-state index >= 15 is 0 Å². The van der Waals surface area contributed by atoms with Crippen molar-refractivity contribution in [1.29, 1.82) is 0 Å². The van der Waals surface area contributed by atoms with E-state index < -0.39 is 5.97 Å². The summed E-state index contributed by atoms with van der Waals surface area (Å²) in [6.45, 7) is 6.14. The second-order valence-electron chi connectivity index (χ2n) is 10.8. The lowest BCUT2D eigenvalue weighted by atomic mass is 9.88. The Kier molecular flexibility index (Phi) is 7.82. The van der Waals surface area contributed by atoms with Crippen LogP contribution in [0.15, 0.2) is 54.2 Å². The second-order valence-corrected chi connectivity index (χ2v) is 11.3. The zero-order chi connectivity index (χ0) is 27.6. The number of likely N-dealkylation sites (tertiary alicyclic amines) is 1. The number of imidazole rings is 1. The highest BCUT2D eigenvalue weighted by molar-refractivity contribution is 6.30. The number of carboxylic acid groups (broad SMARTS) is 1. The van der Waals surface area contributed by atoms with Gasteiger partial charge in [-0.05, 0) is 75.0 Å². The van der Waals surface area contributed by atoms with Crippen LogP contribution in [0.2, 0.25) is 5.02 Å². The lowest BCUT2D eigenvalue weighted by Gasteiger charge is -2.35. The Hall–Kier alpha value is -3.33. The molecular weight excluding hydrogens is 530 g/mol. The summed E-state index contributed by atoms with van der Waals surface area (Å²) in [6, 6.07) is 13.9. The standard InChI is InChI=1S/C31H34ClN3O5/c1-20(31(36)37)15-24-16-33-29(35(24)17-25-11-14-38-25)18-34-12-9-21(10-13-34)26-3-2-4-27-30(26)39-19-28(40-27)22-5-7-23(32)8-6-22/h2-8,15-16,21,25,28H,9-14,17-19H2,1H3,(H,36,37)/b20-15+. The highest BCUT2D eigenvalue weighted by atomic mass is 35.5. The number of aromatic nitrogens is 2. The van der Waals surface area contributed by atoms with Gasteiger partial charge in [0.2, 0.25) is 0 Å². The average molecular weight is 564 g/mol. The number of piperidine rings is 1. The first-order valence-electron chi connectivity index (χ1n) is 13.9. The number of aliphatic carboxylic acids is 1. The lowest BCUT2D eigenvalue weighted by molar-refractivity contribution is -0.132. The van der Waals surface area contributed by atoms with Gasteiger partial charge in [-0.1, -0.05) is 35.9 Å². The third-order valence-electron chi connectivity index (χ3n) is 8.14. The molecule has 0 bridgehead atoms. The summed E-state index contributed by atoms with van der Waals surface area (Å²) in [5.74, 6) is 2.08. The molecule has 1 N–H and O–H groups in total. The van der Waals surface area contributed by atoms with Crippen LogP contribution in [0.4, 0.5) is 0 Å². The molecule has 4 heterocycles. The van der Waals surface area contributed by atoms with E-state index in [-0.39, 0.29) is 12.2 Å². The van der Waals surface area contributed by atoms with E-state index in [4.69, 9.17) is 30.8 Å². The number of nitrogens with zero attached hydrogens (tertiary/aromatic N) is 3. The van der Waals surface area contributed by atoms with Crippen molar-refractivity contribution in [3.63, 3.8) is 0 Å². The van der Waals surface area contributed by atoms with Crippen LogP contribution in [0, 0.1) is 0 Å². The molecule has 2 unspecified atom stereocenters. The Morgan fingerprint density at radius 3 is 2.62 bits per heavy atom. The molecule has 0 amide bonds. The third-order valence-corrected chi connectivity index (χ3v) is 8.39. The smallest absolute Gasteiger partial charge is 0.331 e. The van der Waals surface area contributed by atoms with Crippen molar-refractivity contribution in [2.24, 2.45) is 0 Å². The minimum Gasteiger partial charge on any atom is -0.485 e. The molecule has 0 aliphatic carbocycles. The van der Waals surface area contributed by atoms with Crippen molar-refractivity contribution in [2.45, 2.75) is 57.4 Å². The molecule has 8 nitrogen and oxygen atoms in total. The van der Waals surface area contributed by atoms with Crippen LogP contribution in [0.1, 0.15) is 60.9 Å². The zero-order valence-electron chi connectivity index (χ0n) is 22.6. The molecule has 0 saturated carbocycles. The van der Waals surface area contributed by atoms with Crippen LogP contribution in [-0.2, 0) is 22.6 Å². The highest BCUT2D eigenvalue weighted by Crippen LogP contribution is 2.44. The van der Waals surface area contributed by atoms with Gasteiger partial charge in [-0.15, -0.1) is 0 Å². The number of halogens is 1. The van der Waals surface area contributed by atoms with E-state index in [0.717, 1.165) is 67.5 Å². The van der Waals surface area contributed by atoms with Gasteiger partial charge in [0.15, 0.2) is 17.6 Å². The minimum atomic E-state index is -0.922. The number of ether oxygens (including phenoxy) is 3. The summed E-state index contributed by atoms with van der Waals surface area (Å²) >= 11 is 6.05. The van der Waals surface area contributed by atoms with Crippen LogP contribution in [-0.4, -0.2) is 57.9 Å². The Labute approximate surface area is 239 Å². The van der Waals surface area contributed by atoms with Crippen LogP contribution >= 0.6 is 11.6 Å². The molecule has 2 aromatic carbocycles. The molecule has 3 aromatic rings. The Bertz CT molecular complexity index is 1390. The van der Waals surface area contributed by atoms with Crippen molar-refractivity contribution in [1.82, 2.24) is 14.5 Å². The second kappa shape index (κ2) is 11.6. The van der Waals surface area contributed by atoms with Crippen LogP contribution < -0.4 is 9.47 Å². The third kappa shape index (κ3) is 5.75. The number of carboxylic acids is 1. The fraction of sp³-hybridized carbons (Fsp3) is 0.419. The summed E-state index contributed by atoms with van der Waals surface area (Å²) in [5.41, 5.74) is 3.37. The molecule has 3 aliphatic heterocycles. The summed E-state index contributed by atoms with van der Waals surface area (Å²) in [6.07, 6.45) is 6.50. The molecule has 40 heavy (non-hydrogen) atoms. The number of rotatable bonds is 8. The topological polar surface area (TPSA) is 86.0 Å². The summed E-state index contributed by atoms with van der Waals surface area (Å²) < 4.78 is 20.5. The molecule has 1 aromatic heterocycles. The van der Waals surface area contributed by atoms with Crippen molar-refractivity contribution in [2.75, 3.05) is 26.3 Å². The number of hydrogen-bond acceptors (Lipinski definition) is 6. The number of hydrogen-bond donors (Lipinski definition) is 1. The predicted molar refractivity (Wildman–Crippen MR) is 152 cm³/mol. The van der Waals surface area contributed by atoms with Crippen LogP contribution in [0.5, 0.6) is 11.5 Å². The van der Waals surface area contributed by atoms with Gasteiger partial charge in [0.1, 0.15) is 12.4 Å². The summed E-state index contributed by atoms with van der Waals surface area (Å²) in [7, 11) is 0. The minimum absolute atomic E-state index is 0.154. The molecule has 2 saturated heterocycles. The van der Waals surface area contributed by atoms with Crippen LogP contribution in [0.25, 0.3) is 6.08 Å². The molecule has 2 fully saturated rings. The van der Waals surface area contributed by atoms with Crippen molar-refractivity contribution < 1.29 is 24.1 Å².